The Bertz CT molecular complexity index is 651. The fourth-order valence-corrected chi connectivity index (χ4v) is 3.48. The molecule has 2 aromatic rings. The Balaban J connectivity index is 2.58. The minimum absolute atomic E-state index is 0.104. The highest BCUT2D eigenvalue weighted by molar-refractivity contribution is 14.1. The highest BCUT2D eigenvalue weighted by Gasteiger charge is 2.21. The van der Waals surface area contributed by atoms with Crippen LogP contribution in [0.3, 0.4) is 0 Å². The van der Waals surface area contributed by atoms with Gasteiger partial charge in [-0.2, -0.15) is 0 Å². The fourth-order valence-electron chi connectivity index (χ4n) is 1.98. The van der Waals surface area contributed by atoms with Crippen molar-refractivity contribution in [2.45, 2.75) is 6.04 Å². The Morgan fingerprint density at radius 3 is 2.55 bits per heavy atom. The van der Waals surface area contributed by atoms with Crippen LogP contribution >= 0.6 is 66.1 Å². The lowest BCUT2D eigenvalue weighted by Gasteiger charge is -2.20. The van der Waals surface area contributed by atoms with E-state index in [0.717, 1.165) is 13.6 Å². The van der Waals surface area contributed by atoms with Gasteiger partial charge in [0.15, 0.2) is 0 Å². The predicted octanol–water partition coefficient (Wildman–Crippen LogP) is 5.92. The first-order chi connectivity index (χ1) is 9.45. The first kappa shape index (κ1) is 16.7. The molecule has 2 rings (SSSR count). The Morgan fingerprint density at radius 1 is 1.20 bits per heavy atom. The Labute approximate surface area is 152 Å². The van der Waals surface area contributed by atoms with Gasteiger partial charge in [0, 0.05) is 18.1 Å². The van der Waals surface area contributed by atoms with E-state index in [0.29, 0.717) is 10.0 Å². The molecule has 20 heavy (non-hydrogen) atoms. The Kier molecular flexibility index (Phi) is 5.88. The lowest BCUT2D eigenvalue weighted by atomic mass is 9.98. The average molecular weight is 533 g/mol. The van der Waals surface area contributed by atoms with E-state index in [1.54, 1.807) is 19.2 Å². The van der Waals surface area contributed by atoms with Gasteiger partial charge in [-0.05, 0) is 75.4 Å². The summed E-state index contributed by atoms with van der Waals surface area (Å²) in [4.78, 5) is 0. The summed E-state index contributed by atoms with van der Waals surface area (Å²) in [5, 5.41) is 3.26. The molecule has 0 spiro atoms. The number of hydrogen-bond acceptors (Lipinski definition) is 1. The van der Waals surface area contributed by atoms with E-state index < -0.39 is 5.82 Å². The molecule has 0 amide bonds. The van der Waals surface area contributed by atoms with Gasteiger partial charge >= 0.3 is 0 Å². The lowest BCUT2D eigenvalue weighted by molar-refractivity contribution is 0.575. The molecule has 1 N–H and O–H groups in total. The van der Waals surface area contributed by atoms with E-state index in [1.807, 2.05) is 18.2 Å². The summed E-state index contributed by atoms with van der Waals surface area (Å²) in [5.74, 6) is -0.406. The number of rotatable bonds is 3. The van der Waals surface area contributed by atoms with Gasteiger partial charge in [-0.25, -0.2) is 4.39 Å². The van der Waals surface area contributed by atoms with Crippen molar-refractivity contribution in [1.82, 2.24) is 5.32 Å². The average Bonchev–Trinajstić information content (AvgIpc) is 2.43. The van der Waals surface area contributed by atoms with Gasteiger partial charge in [0.05, 0.1) is 11.1 Å². The Morgan fingerprint density at radius 2 is 1.90 bits per heavy atom. The summed E-state index contributed by atoms with van der Waals surface area (Å²) < 4.78 is 17.0. The molecule has 2 aromatic carbocycles. The third-order valence-corrected chi connectivity index (χ3v) is 5.67. The van der Waals surface area contributed by atoms with Gasteiger partial charge < -0.3 is 5.32 Å². The van der Waals surface area contributed by atoms with Crippen LogP contribution in [-0.4, -0.2) is 7.05 Å². The van der Waals surface area contributed by atoms with Gasteiger partial charge in [-0.1, -0.05) is 33.6 Å². The molecular formula is C14H10Br2ClFIN. The molecule has 0 bridgehead atoms. The number of halogens is 5. The van der Waals surface area contributed by atoms with Crippen molar-refractivity contribution in [1.29, 1.82) is 0 Å². The minimum Gasteiger partial charge on any atom is -0.309 e. The van der Waals surface area contributed by atoms with Gasteiger partial charge in [-0.15, -0.1) is 0 Å². The number of benzene rings is 2. The zero-order valence-corrected chi connectivity index (χ0v) is 16.4. The molecular weight excluding hydrogens is 523 g/mol. The molecule has 0 aromatic heterocycles. The molecule has 1 nitrogen and oxygen atoms in total. The highest BCUT2D eigenvalue weighted by Crippen LogP contribution is 2.35. The van der Waals surface area contributed by atoms with Crippen molar-refractivity contribution >= 4 is 66.1 Å². The van der Waals surface area contributed by atoms with Crippen molar-refractivity contribution in [3.05, 3.63) is 64.8 Å². The second kappa shape index (κ2) is 7.05. The smallest absolute Gasteiger partial charge is 0.148 e. The molecule has 6 heteroatoms. The van der Waals surface area contributed by atoms with E-state index in [2.05, 4.69) is 59.8 Å². The second-order valence-corrected chi connectivity index (χ2v) is 7.46. The number of hydrogen-bond donors (Lipinski definition) is 1. The molecule has 0 aliphatic heterocycles. The van der Waals surface area contributed by atoms with Crippen molar-refractivity contribution in [2.75, 3.05) is 7.05 Å². The second-order valence-electron chi connectivity index (χ2n) is 4.15. The maximum absolute atomic E-state index is 14.4. The van der Waals surface area contributed by atoms with Gasteiger partial charge in [0.25, 0.3) is 0 Å². The summed E-state index contributed by atoms with van der Waals surface area (Å²) in [6.07, 6.45) is 0. The summed E-state index contributed by atoms with van der Waals surface area (Å²) >= 11 is 14.9. The monoisotopic (exact) mass is 531 g/mol. The van der Waals surface area contributed by atoms with Crippen LogP contribution < -0.4 is 5.32 Å². The van der Waals surface area contributed by atoms with Crippen LogP contribution in [0, 0.1) is 9.39 Å². The topological polar surface area (TPSA) is 12.0 Å². The van der Waals surface area contributed by atoms with Gasteiger partial charge in [0.2, 0.25) is 0 Å². The molecule has 1 unspecified atom stereocenters. The van der Waals surface area contributed by atoms with E-state index in [9.17, 15) is 4.39 Å². The van der Waals surface area contributed by atoms with Crippen molar-refractivity contribution in [2.24, 2.45) is 0 Å². The van der Waals surface area contributed by atoms with Crippen molar-refractivity contribution in [3.63, 3.8) is 0 Å². The van der Waals surface area contributed by atoms with Crippen LogP contribution in [0.4, 0.5) is 4.39 Å². The molecule has 0 radical (unpaired) electrons. The molecule has 0 saturated carbocycles. The van der Waals surface area contributed by atoms with E-state index in [4.69, 9.17) is 11.6 Å². The number of nitrogens with one attached hydrogen (secondary N) is 1. The summed E-state index contributed by atoms with van der Waals surface area (Å²) in [7, 11) is 1.80. The summed E-state index contributed by atoms with van der Waals surface area (Å²) in [5.41, 5.74) is 1.52. The zero-order valence-electron chi connectivity index (χ0n) is 10.4. The lowest BCUT2D eigenvalue weighted by Crippen LogP contribution is -2.20. The molecule has 0 aliphatic rings. The molecule has 0 heterocycles. The SMILES string of the molecule is CNC(c1cc(Br)ccc1I)c1ccc(Br)c(Cl)c1F. The fraction of sp³-hybridized carbons (Fsp3) is 0.143. The largest absolute Gasteiger partial charge is 0.309 e. The third kappa shape index (κ3) is 3.38. The summed E-state index contributed by atoms with van der Waals surface area (Å²) in [6, 6.07) is 9.17. The molecule has 0 fully saturated rings. The van der Waals surface area contributed by atoms with Crippen LogP contribution in [0.25, 0.3) is 0 Å². The van der Waals surface area contributed by atoms with Crippen LogP contribution in [-0.2, 0) is 0 Å². The quantitative estimate of drug-likeness (QED) is 0.382. The minimum atomic E-state index is -0.406. The van der Waals surface area contributed by atoms with Crippen LogP contribution in [0.1, 0.15) is 17.2 Å². The van der Waals surface area contributed by atoms with Crippen LogP contribution in [0.15, 0.2) is 39.3 Å². The molecule has 1 atom stereocenters. The summed E-state index contributed by atoms with van der Waals surface area (Å²) in [6.45, 7) is 0. The third-order valence-electron chi connectivity index (χ3n) is 2.93. The standard InChI is InChI=1S/C14H10Br2ClFIN/c1-20-14(9-6-7(15)2-5-11(9)19)8-3-4-10(16)12(17)13(8)18/h2-6,14,20H,1H3. The van der Waals surface area contributed by atoms with Gasteiger partial charge in [0.1, 0.15) is 5.82 Å². The molecule has 0 saturated heterocycles. The highest BCUT2D eigenvalue weighted by atomic mass is 127. The first-order valence-electron chi connectivity index (χ1n) is 5.71. The van der Waals surface area contributed by atoms with Gasteiger partial charge in [-0.3, -0.25) is 0 Å². The maximum Gasteiger partial charge on any atom is 0.148 e. The van der Waals surface area contributed by atoms with Crippen molar-refractivity contribution < 1.29 is 4.39 Å². The van der Waals surface area contributed by atoms with Crippen molar-refractivity contribution in [3.8, 4) is 0 Å². The van der Waals surface area contributed by atoms with E-state index in [-0.39, 0.29) is 11.1 Å². The maximum atomic E-state index is 14.4. The first-order valence-corrected chi connectivity index (χ1v) is 8.75. The normalized spacial score (nSPS) is 12.5. The predicted molar refractivity (Wildman–Crippen MR) is 96.9 cm³/mol. The zero-order chi connectivity index (χ0) is 14.9. The van der Waals surface area contributed by atoms with Crippen LogP contribution in [0.2, 0.25) is 5.02 Å². The van der Waals surface area contributed by atoms with E-state index in [1.165, 1.54) is 0 Å². The molecule has 0 aliphatic carbocycles. The molecule has 106 valence electrons. The Hall–Kier alpha value is 0.310. The van der Waals surface area contributed by atoms with E-state index >= 15 is 0 Å². The van der Waals surface area contributed by atoms with Crippen LogP contribution in [0.5, 0.6) is 0 Å².